The van der Waals surface area contributed by atoms with Crippen LogP contribution in [0.25, 0.3) is 0 Å². The lowest BCUT2D eigenvalue weighted by molar-refractivity contribution is -0.143. The molecule has 0 N–H and O–H groups in total. The van der Waals surface area contributed by atoms with Crippen molar-refractivity contribution in [1.29, 1.82) is 0 Å². The van der Waals surface area contributed by atoms with Gasteiger partial charge in [-0.05, 0) is 6.07 Å². The molecule has 0 fully saturated rings. The number of halogens is 3. The van der Waals surface area contributed by atoms with E-state index in [2.05, 4.69) is 5.10 Å². The second-order valence-corrected chi connectivity index (χ2v) is 3.31. The number of hydrogen-bond donors (Lipinski definition) is 0. The van der Waals surface area contributed by atoms with E-state index in [1.165, 1.54) is 4.68 Å². The summed E-state index contributed by atoms with van der Waals surface area (Å²) in [6.45, 7) is 0. The Morgan fingerprint density at radius 2 is 2.20 bits per heavy atom. The molecule has 1 aromatic rings. The van der Waals surface area contributed by atoms with Crippen molar-refractivity contribution in [1.82, 2.24) is 9.78 Å². The van der Waals surface area contributed by atoms with Gasteiger partial charge in [-0.15, -0.1) is 0 Å². The number of carbonyl (C=O) groups is 1. The number of ketones is 1. The average Bonchev–Trinajstić information content (AvgIpc) is 2.47. The first-order valence-corrected chi connectivity index (χ1v) is 4.44. The van der Waals surface area contributed by atoms with Gasteiger partial charge >= 0.3 is 6.18 Å². The van der Waals surface area contributed by atoms with E-state index in [1.54, 1.807) is 19.3 Å². The van der Waals surface area contributed by atoms with Crippen LogP contribution in [-0.4, -0.2) is 21.7 Å². The van der Waals surface area contributed by atoms with E-state index in [9.17, 15) is 18.0 Å². The molecule has 0 saturated heterocycles. The Morgan fingerprint density at radius 3 is 2.67 bits per heavy atom. The van der Waals surface area contributed by atoms with Gasteiger partial charge < -0.3 is 0 Å². The van der Waals surface area contributed by atoms with Crippen molar-refractivity contribution in [3.8, 4) is 0 Å². The normalized spacial score (nSPS) is 11.7. The molecule has 0 aromatic carbocycles. The molecule has 15 heavy (non-hydrogen) atoms. The zero-order valence-electron chi connectivity index (χ0n) is 8.21. The number of aryl methyl sites for hydroxylation is 1. The van der Waals surface area contributed by atoms with Gasteiger partial charge in [-0.2, -0.15) is 18.3 Å². The van der Waals surface area contributed by atoms with Crippen molar-refractivity contribution in [2.45, 2.75) is 25.4 Å². The SMILES string of the molecule is Cn1ccc(CC(=O)CCC(F)(F)F)n1. The molecule has 0 aliphatic heterocycles. The Morgan fingerprint density at radius 1 is 1.53 bits per heavy atom. The molecule has 0 saturated carbocycles. The molecule has 3 nitrogen and oxygen atoms in total. The van der Waals surface area contributed by atoms with E-state index >= 15 is 0 Å². The van der Waals surface area contributed by atoms with Gasteiger partial charge in [0, 0.05) is 19.7 Å². The molecule has 1 aromatic heterocycles. The van der Waals surface area contributed by atoms with E-state index in [1.807, 2.05) is 0 Å². The van der Waals surface area contributed by atoms with Gasteiger partial charge in [0.15, 0.2) is 0 Å². The highest BCUT2D eigenvalue weighted by atomic mass is 19.4. The largest absolute Gasteiger partial charge is 0.389 e. The minimum atomic E-state index is -4.26. The van der Waals surface area contributed by atoms with Gasteiger partial charge in [0.25, 0.3) is 0 Å². The number of alkyl halides is 3. The first-order valence-electron chi connectivity index (χ1n) is 4.44. The summed E-state index contributed by atoms with van der Waals surface area (Å²) in [6, 6.07) is 1.62. The zero-order valence-corrected chi connectivity index (χ0v) is 8.21. The molecule has 0 unspecified atom stereocenters. The number of hydrogen-bond acceptors (Lipinski definition) is 2. The van der Waals surface area contributed by atoms with Crippen LogP contribution >= 0.6 is 0 Å². The van der Waals surface area contributed by atoms with Crippen LogP contribution in [0.2, 0.25) is 0 Å². The number of aromatic nitrogens is 2. The quantitative estimate of drug-likeness (QED) is 0.776. The standard InChI is InChI=1S/C9H11F3N2O/c1-14-5-3-7(13-14)6-8(15)2-4-9(10,11)12/h3,5H,2,4,6H2,1H3. The monoisotopic (exact) mass is 220 g/mol. The van der Waals surface area contributed by atoms with E-state index in [0.29, 0.717) is 5.69 Å². The molecule has 0 atom stereocenters. The number of rotatable bonds is 4. The van der Waals surface area contributed by atoms with Gasteiger partial charge in [-0.25, -0.2) is 0 Å². The Bertz CT molecular complexity index is 343. The number of nitrogens with zero attached hydrogens (tertiary/aromatic N) is 2. The first-order chi connectivity index (χ1) is 6.87. The minimum absolute atomic E-state index is 0.0308. The van der Waals surface area contributed by atoms with Crippen molar-refractivity contribution in [3.05, 3.63) is 18.0 Å². The van der Waals surface area contributed by atoms with Crippen molar-refractivity contribution in [2.24, 2.45) is 7.05 Å². The molecular formula is C9H11F3N2O. The molecule has 1 heterocycles. The Labute approximate surface area is 84.9 Å². The highest BCUT2D eigenvalue weighted by molar-refractivity contribution is 5.80. The maximum absolute atomic E-state index is 11.8. The van der Waals surface area contributed by atoms with Crippen LogP contribution in [0.15, 0.2) is 12.3 Å². The molecule has 0 radical (unpaired) electrons. The van der Waals surface area contributed by atoms with Crippen molar-refractivity contribution in [2.75, 3.05) is 0 Å². The van der Waals surface area contributed by atoms with Crippen molar-refractivity contribution in [3.63, 3.8) is 0 Å². The second-order valence-electron chi connectivity index (χ2n) is 3.31. The van der Waals surface area contributed by atoms with Crippen molar-refractivity contribution < 1.29 is 18.0 Å². The van der Waals surface area contributed by atoms with Gasteiger partial charge in [-0.3, -0.25) is 9.48 Å². The molecule has 1 rings (SSSR count). The zero-order chi connectivity index (χ0) is 11.5. The summed E-state index contributed by atoms with van der Waals surface area (Å²) in [6.07, 6.45) is -4.18. The second kappa shape index (κ2) is 4.46. The topological polar surface area (TPSA) is 34.9 Å². The lowest BCUT2D eigenvalue weighted by atomic mass is 10.1. The summed E-state index contributed by atoms with van der Waals surface area (Å²) in [7, 11) is 1.68. The van der Waals surface area contributed by atoms with Gasteiger partial charge in [0.1, 0.15) is 5.78 Å². The highest BCUT2D eigenvalue weighted by Gasteiger charge is 2.27. The van der Waals surface area contributed by atoms with Crippen LogP contribution in [0.3, 0.4) is 0 Å². The van der Waals surface area contributed by atoms with E-state index < -0.39 is 24.8 Å². The van der Waals surface area contributed by atoms with Crippen LogP contribution < -0.4 is 0 Å². The molecule has 0 amide bonds. The van der Waals surface area contributed by atoms with E-state index in [4.69, 9.17) is 0 Å². The molecule has 84 valence electrons. The number of carbonyl (C=O) groups excluding carboxylic acids is 1. The minimum Gasteiger partial charge on any atom is -0.299 e. The lowest BCUT2D eigenvalue weighted by Crippen LogP contribution is -2.12. The summed E-state index contributed by atoms with van der Waals surface area (Å²) in [4.78, 5) is 11.1. The van der Waals surface area contributed by atoms with Crippen LogP contribution in [0.5, 0.6) is 0 Å². The van der Waals surface area contributed by atoms with Crippen LogP contribution in [0.4, 0.5) is 13.2 Å². The molecule has 0 aliphatic carbocycles. The third kappa shape index (κ3) is 4.62. The number of Topliss-reactive ketones (excluding diaryl/α,β-unsaturated/α-hetero) is 1. The Balaban J connectivity index is 2.37. The van der Waals surface area contributed by atoms with Crippen LogP contribution in [0, 0.1) is 0 Å². The first kappa shape index (κ1) is 11.7. The molecule has 0 aliphatic rings. The lowest BCUT2D eigenvalue weighted by Gasteiger charge is -2.04. The fourth-order valence-electron chi connectivity index (χ4n) is 1.13. The third-order valence-corrected chi connectivity index (χ3v) is 1.83. The average molecular weight is 220 g/mol. The van der Waals surface area contributed by atoms with Crippen LogP contribution in [-0.2, 0) is 18.3 Å². The van der Waals surface area contributed by atoms with E-state index in [-0.39, 0.29) is 6.42 Å². The smallest absolute Gasteiger partial charge is 0.299 e. The maximum atomic E-state index is 11.8. The van der Waals surface area contributed by atoms with Crippen molar-refractivity contribution >= 4 is 5.78 Å². The van der Waals surface area contributed by atoms with Gasteiger partial charge in [0.2, 0.25) is 0 Å². The summed E-state index contributed by atoms with van der Waals surface area (Å²) in [5.41, 5.74) is 0.504. The van der Waals surface area contributed by atoms with E-state index in [0.717, 1.165) is 0 Å². The Kier molecular flexibility index (Phi) is 3.49. The molecule has 0 spiro atoms. The molecular weight excluding hydrogens is 209 g/mol. The fourth-order valence-corrected chi connectivity index (χ4v) is 1.13. The van der Waals surface area contributed by atoms with Crippen LogP contribution in [0.1, 0.15) is 18.5 Å². The predicted octanol–water partition coefficient (Wildman–Crippen LogP) is 1.87. The molecule has 0 bridgehead atoms. The highest BCUT2D eigenvalue weighted by Crippen LogP contribution is 2.21. The summed E-state index contributed by atoms with van der Waals surface area (Å²) in [5.74, 6) is -0.439. The summed E-state index contributed by atoms with van der Waals surface area (Å²) >= 11 is 0. The maximum Gasteiger partial charge on any atom is 0.389 e. The molecule has 6 heteroatoms. The fraction of sp³-hybridized carbons (Fsp3) is 0.556. The Hall–Kier alpha value is -1.33. The predicted molar refractivity (Wildman–Crippen MR) is 47.2 cm³/mol. The third-order valence-electron chi connectivity index (χ3n) is 1.83. The summed E-state index contributed by atoms with van der Waals surface area (Å²) < 4.78 is 36.9. The van der Waals surface area contributed by atoms with Gasteiger partial charge in [0.05, 0.1) is 18.5 Å². The summed E-state index contributed by atoms with van der Waals surface area (Å²) in [5, 5.41) is 3.91. The van der Waals surface area contributed by atoms with Gasteiger partial charge in [-0.1, -0.05) is 0 Å².